The molecule has 0 aromatic heterocycles. The van der Waals surface area contributed by atoms with Crippen LogP contribution in [0.2, 0.25) is 0 Å². The Kier molecular flexibility index (Phi) is 46.2. The fraction of sp³-hybridized carbons (Fsp3) is 0.893. The molecule has 3 unspecified atom stereocenters. The largest absolute Gasteiger partial charge is 0.481 e. The minimum absolute atomic E-state index is 0. The summed E-state index contributed by atoms with van der Waals surface area (Å²) in [6, 6.07) is -3.07. The number of hydrogen-bond donors (Lipinski definition) is 7. The van der Waals surface area contributed by atoms with E-state index in [0.717, 1.165) is 5.75 Å². The first kappa shape index (κ1) is 91.3. The maximum Gasteiger partial charge on any atom is 0.335 e. The summed E-state index contributed by atoms with van der Waals surface area (Å²) in [6.45, 7) is 40.6. The molecule has 0 aliphatic carbocycles. The van der Waals surface area contributed by atoms with Crippen LogP contribution in [0.3, 0.4) is 0 Å². The number of nitrogens with one attached hydrogen (secondary N) is 4. The number of carbonyl (C=O) groups excluding carboxylic acids is 4. The Labute approximate surface area is 515 Å². The average Bonchev–Trinajstić information content (AvgIpc) is 3.33. The van der Waals surface area contributed by atoms with E-state index in [-0.39, 0.29) is 51.1 Å². The van der Waals surface area contributed by atoms with E-state index in [1.54, 1.807) is 135 Å². The van der Waals surface area contributed by atoms with E-state index >= 15 is 0 Å². The van der Waals surface area contributed by atoms with Gasteiger partial charge in [-0.15, -0.1) is 0 Å². The summed E-state index contributed by atoms with van der Waals surface area (Å²) in [5, 5.41) is 26.8. The zero-order chi connectivity index (χ0) is 66.2. The van der Waals surface area contributed by atoms with Crippen LogP contribution in [0.5, 0.6) is 0 Å². The predicted molar refractivity (Wildman–Crippen MR) is 347 cm³/mol. The van der Waals surface area contributed by atoms with Gasteiger partial charge in [-0.2, -0.15) is 0 Å². The maximum absolute atomic E-state index is 13.2. The molecule has 502 valence electrons. The smallest absolute Gasteiger partial charge is 0.335 e. The molecule has 0 saturated carbocycles. The number of carbonyl (C=O) groups is 6. The average molecular weight is 1320 g/mol. The number of hydrogen-bond acceptors (Lipinski definition) is 17. The molecule has 0 rings (SSSR count). The van der Waals surface area contributed by atoms with Crippen molar-refractivity contribution in [2.24, 2.45) is 10.8 Å². The fourth-order valence-electron chi connectivity index (χ4n) is 5.57. The monoisotopic (exact) mass is 1320 g/mol. The van der Waals surface area contributed by atoms with E-state index in [1.807, 2.05) is 10.8 Å². The molecule has 0 bridgehead atoms. The minimum atomic E-state index is -3.59. The van der Waals surface area contributed by atoms with Gasteiger partial charge in [0.15, 0.2) is 0 Å². The van der Waals surface area contributed by atoms with Crippen molar-refractivity contribution in [3.05, 3.63) is 0 Å². The van der Waals surface area contributed by atoms with Crippen LogP contribution >= 0.6 is 51.7 Å². The first-order valence-electron chi connectivity index (χ1n) is 28.7. The highest BCUT2D eigenvalue weighted by atomic mass is 33.1. The minimum Gasteiger partial charge on any atom is -0.481 e. The topological polar surface area (TPSA) is 326 Å². The Balaban J connectivity index is -0.000000330. The Morgan fingerprint density at radius 2 is 0.857 bits per heavy atom. The lowest BCUT2D eigenvalue weighted by molar-refractivity contribution is -0.149. The highest BCUT2D eigenvalue weighted by Crippen LogP contribution is 2.61. The van der Waals surface area contributed by atoms with Crippen molar-refractivity contribution in [2.45, 2.75) is 270 Å². The standard InChI is InChI=1S/C15H29O6P.C15H33O3PS2.C14H29N2O5P.C11H23N2O4P.CH4/c1-11(16)14(5,6)9-20-22(19,13(2,3)4)21-10-15(7,8)12(17)18;1-4-5-6-7-8-9-10-11-13-20-21-14-12-18-19(16,17)15(2)3;1-8-20-12(17)10(3)15-22(19,14(5,6)7)16-11(4)13(18)21-9-2;1-7(9(3)14)12-18(17,11(4,5)6)13-8(2)10(15)16;/h9-10H2,1-8H3,(H,17,18);15H,4-14H2,1-3H3,(H,16,17);10-11H,8-9H2,1-7H3,(H2,15,16,19);7-8H,1-6H3,(H,15,16)(H2,12,13,17);1H4/t;;10-,11-;7-,8-,18?;/m..11./s1. The van der Waals surface area contributed by atoms with Gasteiger partial charge in [0.2, 0.25) is 14.9 Å². The van der Waals surface area contributed by atoms with E-state index in [0.29, 0.717) is 6.61 Å². The molecule has 0 fully saturated rings. The second-order valence-electron chi connectivity index (χ2n) is 24.9. The summed E-state index contributed by atoms with van der Waals surface area (Å²) in [5.41, 5.74) is -2.28. The molecule has 0 heterocycles. The molecule has 7 atom stereocenters. The highest BCUT2D eigenvalue weighted by Gasteiger charge is 2.45. The van der Waals surface area contributed by atoms with Gasteiger partial charge in [0, 0.05) is 27.2 Å². The molecule has 7 N–H and O–H groups in total. The summed E-state index contributed by atoms with van der Waals surface area (Å²) in [6.07, 6.45) is 10.8. The Morgan fingerprint density at radius 3 is 1.18 bits per heavy atom. The lowest BCUT2D eigenvalue weighted by Crippen LogP contribution is -2.46. The molecule has 0 aromatic rings. The molecule has 0 spiro atoms. The van der Waals surface area contributed by atoms with Gasteiger partial charge >= 0.3 is 39.1 Å². The highest BCUT2D eigenvalue weighted by molar-refractivity contribution is 8.76. The lowest BCUT2D eigenvalue weighted by atomic mass is 9.90. The molecule has 22 nitrogen and oxygen atoms in total. The van der Waals surface area contributed by atoms with Gasteiger partial charge in [0.25, 0.3) is 0 Å². The first-order chi connectivity index (χ1) is 37.4. The summed E-state index contributed by atoms with van der Waals surface area (Å²) >= 11 is 0. The predicted octanol–water partition coefficient (Wildman–Crippen LogP) is 14.2. The van der Waals surface area contributed by atoms with Crippen LogP contribution in [0.15, 0.2) is 0 Å². The number of rotatable bonds is 37. The third-order valence-corrected chi connectivity index (χ3v) is 26.1. The molecule has 0 radical (unpaired) electrons. The Morgan fingerprint density at radius 1 is 0.500 bits per heavy atom. The summed E-state index contributed by atoms with van der Waals surface area (Å²) in [4.78, 5) is 77.8. The number of ether oxygens (including phenoxy) is 2. The molecule has 0 saturated heterocycles. The van der Waals surface area contributed by atoms with E-state index in [4.69, 9.17) is 33.3 Å². The number of carboxylic acid groups (broad SMARTS) is 2. The molecule has 28 heteroatoms. The van der Waals surface area contributed by atoms with Gasteiger partial charge in [0.05, 0.1) is 55.3 Å². The summed E-state index contributed by atoms with van der Waals surface area (Å²) in [5.74, 6) is -1.40. The van der Waals surface area contributed by atoms with Crippen molar-refractivity contribution in [1.82, 2.24) is 20.3 Å². The zero-order valence-electron chi connectivity index (χ0n) is 55.1. The Hall–Kier alpha value is -1.48. The number of carboxylic acids is 2. The number of esters is 2. The van der Waals surface area contributed by atoms with Crippen molar-refractivity contribution in [3.63, 3.8) is 0 Å². The van der Waals surface area contributed by atoms with Gasteiger partial charge < -0.3 is 38.2 Å². The molecular formula is C56H118N4O18P4S2. The van der Waals surface area contributed by atoms with E-state index in [1.165, 1.54) is 91.7 Å². The normalized spacial score (nSPS) is 15.8. The Bertz CT molecular complexity index is 2060. The van der Waals surface area contributed by atoms with Crippen LogP contribution in [-0.4, -0.2) is 140 Å². The van der Waals surface area contributed by atoms with Crippen LogP contribution in [0.1, 0.15) is 225 Å². The quantitative estimate of drug-likeness (QED) is 0.0131. The fourth-order valence-corrected chi connectivity index (χ4v) is 14.5. The molecule has 0 amide bonds. The van der Waals surface area contributed by atoms with Gasteiger partial charge in [-0.3, -0.25) is 47.0 Å². The first-order valence-corrected chi connectivity index (χ1v) is 37.8. The molecule has 0 aromatic carbocycles. The SMILES string of the molecule is C.CC(=O)C(C)(C)COP(=O)(OCC(C)(C)C(=O)O)C(C)(C)C.CC(=O)[C@@H](C)NP(=O)(N[C@H](C)C(=O)O)C(C)(C)C.CCCCCCCCCCSSCCOP(=O)(O)C(C)C.CCOC(=O)[C@@H](C)NP(=O)(N[C@H](C)C(=O)OCC)C(C)(C)C. The van der Waals surface area contributed by atoms with Crippen LogP contribution in [0.25, 0.3) is 0 Å². The van der Waals surface area contributed by atoms with Crippen LogP contribution < -0.4 is 20.3 Å². The van der Waals surface area contributed by atoms with Crippen molar-refractivity contribution < 1.29 is 85.2 Å². The number of Topliss-reactive ketones (excluding diaryl/α,β-unsaturated/α-hetero) is 2. The molecule has 84 heavy (non-hydrogen) atoms. The van der Waals surface area contributed by atoms with E-state index in [2.05, 4.69) is 27.3 Å². The lowest BCUT2D eigenvalue weighted by Gasteiger charge is -2.35. The van der Waals surface area contributed by atoms with Gasteiger partial charge in [0.1, 0.15) is 29.7 Å². The van der Waals surface area contributed by atoms with E-state index < -0.39 is 104 Å². The number of unbranched alkanes of at least 4 members (excludes halogenated alkanes) is 7. The van der Waals surface area contributed by atoms with Crippen molar-refractivity contribution in [3.8, 4) is 0 Å². The van der Waals surface area contributed by atoms with Crippen LogP contribution in [0.4, 0.5) is 0 Å². The third-order valence-electron chi connectivity index (χ3n) is 12.5. The van der Waals surface area contributed by atoms with Crippen LogP contribution in [-0.2, 0) is 70.1 Å². The van der Waals surface area contributed by atoms with Crippen molar-refractivity contribution in [2.75, 3.05) is 44.5 Å². The molecular weight excluding hydrogens is 1200 g/mol. The van der Waals surface area contributed by atoms with Crippen molar-refractivity contribution in [1.29, 1.82) is 0 Å². The number of ketones is 2. The number of aliphatic carboxylic acids is 2. The zero-order valence-corrected chi connectivity index (χ0v) is 60.3. The summed E-state index contributed by atoms with van der Waals surface area (Å²) in [7, 11) is -9.87. The molecule has 0 aliphatic heterocycles. The molecule has 0 aliphatic rings. The summed E-state index contributed by atoms with van der Waals surface area (Å²) < 4.78 is 76.5. The van der Waals surface area contributed by atoms with Gasteiger partial charge in [-0.05, 0) is 96.4 Å². The van der Waals surface area contributed by atoms with E-state index in [9.17, 15) is 51.9 Å². The van der Waals surface area contributed by atoms with Gasteiger partial charge in [-0.1, -0.05) is 150 Å². The maximum atomic E-state index is 13.2. The van der Waals surface area contributed by atoms with Crippen molar-refractivity contribution >= 4 is 87.1 Å². The third kappa shape index (κ3) is 38.2. The van der Waals surface area contributed by atoms with Crippen LogP contribution in [0, 0.1) is 10.8 Å². The second kappa shape index (κ2) is 42.5. The van der Waals surface area contributed by atoms with Gasteiger partial charge in [-0.25, -0.2) is 20.3 Å². The second-order valence-corrected chi connectivity index (χ2v) is 39.0.